The molecule has 0 fully saturated rings. The van der Waals surface area contributed by atoms with Gasteiger partial charge in [0.2, 0.25) is 0 Å². The number of aliphatic hydroxyl groups is 1. The molecule has 84 valence electrons. The van der Waals surface area contributed by atoms with Crippen molar-refractivity contribution in [3.63, 3.8) is 0 Å². The first-order valence-electron chi connectivity index (χ1n) is 4.70. The van der Waals surface area contributed by atoms with Gasteiger partial charge < -0.3 is 19.7 Å². The van der Waals surface area contributed by atoms with Crippen molar-refractivity contribution in [1.82, 2.24) is 9.88 Å². The van der Waals surface area contributed by atoms with E-state index >= 15 is 0 Å². The lowest BCUT2D eigenvalue weighted by Crippen LogP contribution is -2.36. The number of aromatic amines is 1. The number of carbonyl (C=O) groups excluding carboxylic acids is 1. The van der Waals surface area contributed by atoms with Gasteiger partial charge in [-0.05, 0) is 6.07 Å². The second-order valence-electron chi connectivity index (χ2n) is 3.39. The molecule has 0 bridgehead atoms. The van der Waals surface area contributed by atoms with Gasteiger partial charge in [0.15, 0.2) is 0 Å². The number of nitrogens with one attached hydrogen (secondary N) is 1. The van der Waals surface area contributed by atoms with Crippen molar-refractivity contribution in [3.8, 4) is 0 Å². The highest BCUT2D eigenvalue weighted by molar-refractivity contribution is 5.93. The zero-order valence-electron chi connectivity index (χ0n) is 8.93. The summed E-state index contributed by atoms with van der Waals surface area (Å²) < 4.78 is 4.78. The second kappa shape index (κ2) is 5.53. The van der Waals surface area contributed by atoms with Gasteiger partial charge in [0.25, 0.3) is 5.91 Å². The van der Waals surface area contributed by atoms with Crippen molar-refractivity contribution in [1.29, 1.82) is 0 Å². The van der Waals surface area contributed by atoms with Crippen LogP contribution in [0.5, 0.6) is 0 Å². The van der Waals surface area contributed by atoms with Gasteiger partial charge in [0, 0.05) is 33.1 Å². The summed E-state index contributed by atoms with van der Waals surface area (Å²) in [6.07, 6.45) is 2.66. The minimum atomic E-state index is -0.650. The van der Waals surface area contributed by atoms with Crippen LogP contribution in [0.15, 0.2) is 18.5 Å². The third-order valence-corrected chi connectivity index (χ3v) is 2.04. The van der Waals surface area contributed by atoms with Gasteiger partial charge >= 0.3 is 0 Å². The Hall–Kier alpha value is -1.33. The number of ether oxygens (including phenoxy) is 1. The van der Waals surface area contributed by atoms with E-state index in [1.54, 1.807) is 25.5 Å². The lowest BCUT2D eigenvalue weighted by molar-refractivity contribution is 0.0380. The number of aliphatic hydroxyl groups excluding tert-OH is 1. The molecule has 15 heavy (non-hydrogen) atoms. The zero-order valence-corrected chi connectivity index (χ0v) is 8.93. The molecule has 1 rings (SSSR count). The quantitative estimate of drug-likeness (QED) is 0.727. The molecule has 0 aliphatic heterocycles. The number of aromatic nitrogens is 1. The summed E-state index contributed by atoms with van der Waals surface area (Å²) in [6, 6.07) is 1.70. The molecule has 5 heteroatoms. The molecule has 1 unspecified atom stereocenters. The first-order valence-corrected chi connectivity index (χ1v) is 4.70. The highest BCUT2D eigenvalue weighted by Gasteiger charge is 2.15. The van der Waals surface area contributed by atoms with Crippen LogP contribution in [0.1, 0.15) is 10.4 Å². The fourth-order valence-electron chi connectivity index (χ4n) is 1.32. The lowest BCUT2D eigenvalue weighted by atomic mass is 10.2. The molecule has 0 aliphatic rings. The standard InChI is InChI=1S/C10H16N2O3/c1-12(6-9(13)7-15-2)10(14)8-3-4-11-5-8/h3-5,9,11,13H,6-7H2,1-2H3. The monoisotopic (exact) mass is 212 g/mol. The molecule has 1 amide bonds. The van der Waals surface area contributed by atoms with Crippen molar-refractivity contribution in [3.05, 3.63) is 24.0 Å². The van der Waals surface area contributed by atoms with Crippen molar-refractivity contribution in [2.24, 2.45) is 0 Å². The topological polar surface area (TPSA) is 65.6 Å². The SMILES string of the molecule is COCC(O)CN(C)C(=O)c1cc[nH]c1. The van der Waals surface area contributed by atoms with Crippen molar-refractivity contribution < 1.29 is 14.6 Å². The Labute approximate surface area is 88.7 Å². The number of carbonyl (C=O) groups is 1. The van der Waals surface area contributed by atoms with Gasteiger partial charge in [-0.15, -0.1) is 0 Å². The zero-order chi connectivity index (χ0) is 11.3. The van der Waals surface area contributed by atoms with Crippen LogP contribution >= 0.6 is 0 Å². The van der Waals surface area contributed by atoms with E-state index in [0.717, 1.165) is 0 Å². The molecule has 1 atom stereocenters. The molecule has 0 saturated carbocycles. The normalized spacial score (nSPS) is 12.5. The van der Waals surface area contributed by atoms with Crippen molar-refractivity contribution in [2.45, 2.75) is 6.10 Å². The average molecular weight is 212 g/mol. The van der Waals surface area contributed by atoms with Crippen LogP contribution in [0.2, 0.25) is 0 Å². The van der Waals surface area contributed by atoms with Gasteiger partial charge in [-0.2, -0.15) is 0 Å². The Morgan fingerprint density at radius 1 is 1.73 bits per heavy atom. The van der Waals surface area contributed by atoms with Gasteiger partial charge in [-0.3, -0.25) is 4.79 Å². The molecule has 1 aromatic heterocycles. The molecule has 0 saturated heterocycles. The number of nitrogens with zero attached hydrogens (tertiary/aromatic N) is 1. The van der Waals surface area contributed by atoms with E-state index in [1.165, 1.54) is 12.0 Å². The van der Waals surface area contributed by atoms with E-state index in [9.17, 15) is 9.90 Å². The summed E-state index contributed by atoms with van der Waals surface area (Å²) >= 11 is 0. The van der Waals surface area contributed by atoms with Crippen LogP contribution in [-0.2, 0) is 4.74 Å². The number of H-pyrrole nitrogens is 1. The predicted octanol–water partition coefficient (Wildman–Crippen LogP) is 0.0940. The number of amides is 1. The van der Waals surface area contributed by atoms with Gasteiger partial charge in [0.1, 0.15) is 0 Å². The Kier molecular flexibility index (Phi) is 4.33. The largest absolute Gasteiger partial charge is 0.389 e. The first kappa shape index (κ1) is 11.7. The molecule has 0 spiro atoms. The van der Waals surface area contributed by atoms with E-state index < -0.39 is 6.10 Å². The van der Waals surface area contributed by atoms with E-state index in [1.807, 2.05) is 0 Å². The predicted molar refractivity (Wildman–Crippen MR) is 55.6 cm³/mol. The van der Waals surface area contributed by atoms with Crippen LogP contribution in [0.4, 0.5) is 0 Å². The van der Waals surface area contributed by atoms with Crippen LogP contribution in [-0.4, -0.2) is 54.3 Å². The molecule has 0 radical (unpaired) electrons. The van der Waals surface area contributed by atoms with Crippen LogP contribution in [0.3, 0.4) is 0 Å². The fraction of sp³-hybridized carbons (Fsp3) is 0.500. The highest BCUT2D eigenvalue weighted by atomic mass is 16.5. The first-order chi connectivity index (χ1) is 7.15. The Morgan fingerprint density at radius 2 is 2.47 bits per heavy atom. The lowest BCUT2D eigenvalue weighted by Gasteiger charge is -2.19. The molecule has 5 nitrogen and oxygen atoms in total. The highest BCUT2D eigenvalue weighted by Crippen LogP contribution is 2.02. The molecule has 0 aromatic carbocycles. The fourth-order valence-corrected chi connectivity index (χ4v) is 1.32. The van der Waals surface area contributed by atoms with E-state index in [-0.39, 0.29) is 19.1 Å². The van der Waals surface area contributed by atoms with Crippen LogP contribution in [0, 0.1) is 0 Å². The average Bonchev–Trinajstić information content (AvgIpc) is 2.69. The number of methoxy groups -OCH3 is 1. The third kappa shape index (κ3) is 3.38. The van der Waals surface area contributed by atoms with Crippen molar-refractivity contribution >= 4 is 5.91 Å². The van der Waals surface area contributed by atoms with Gasteiger partial charge in [0.05, 0.1) is 18.3 Å². The van der Waals surface area contributed by atoms with E-state index in [0.29, 0.717) is 5.56 Å². The third-order valence-electron chi connectivity index (χ3n) is 2.04. The van der Waals surface area contributed by atoms with Crippen molar-refractivity contribution in [2.75, 3.05) is 27.3 Å². The van der Waals surface area contributed by atoms with Crippen LogP contribution < -0.4 is 0 Å². The smallest absolute Gasteiger partial charge is 0.255 e. The minimum Gasteiger partial charge on any atom is -0.389 e. The van der Waals surface area contributed by atoms with Gasteiger partial charge in [-0.25, -0.2) is 0 Å². The summed E-state index contributed by atoms with van der Waals surface area (Å²) in [5, 5.41) is 9.44. The Bertz CT molecular complexity index is 298. The van der Waals surface area contributed by atoms with Crippen LogP contribution in [0.25, 0.3) is 0 Å². The number of hydrogen-bond donors (Lipinski definition) is 2. The molecule has 2 N–H and O–H groups in total. The maximum atomic E-state index is 11.7. The van der Waals surface area contributed by atoms with E-state index in [4.69, 9.17) is 4.74 Å². The maximum absolute atomic E-state index is 11.7. The number of hydrogen-bond acceptors (Lipinski definition) is 3. The van der Waals surface area contributed by atoms with E-state index in [2.05, 4.69) is 4.98 Å². The molecule has 1 heterocycles. The summed E-state index contributed by atoms with van der Waals surface area (Å²) in [4.78, 5) is 16.0. The Morgan fingerprint density at radius 3 is 3.00 bits per heavy atom. The summed E-state index contributed by atoms with van der Waals surface area (Å²) in [7, 11) is 3.16. The molecular weight excluding hydrogens is 196 g/mol. The summed E-state index contributed by atoms with van der Waals surface area (Å²) in [5.41, 5.74) is 0.585. The minimum absolute atomic E-state index is 0.119. The molecule has 0 aliphatic carbocycles. The summed E-state index contributed by atoms with van der Waals surface area (Å²) in [6.45, 7) is 0.489. The molecular formula is C10H16N2O3. The van der Waals surface area contributed by atoms with Gasteiger partial charge in [-0.1, -0.05) is 0 Å². The number of rotatable bonds is 5. The Balaban J connectivity index is 2.47. The second-order valence-corrected chi connectivity index (χ2v) is 3.39. The summed E-state index contributed by atoms with van der Waals surface area (Å²) in [5.74, 6) is -0.119. The maximum Gasteiger partial charge on any atom is 0.255 e. The molecule has 1 aromatic rings. The number of likely N-dealkylation sites (N-methyl/N-ethyl adjacent to an activating group) is 1.